The molecule has 0 saturated carbocycles. The van der Waals surface area contributed by atoms with Crippen molar-refractivity contribution >= 4 is 29.2 Å². The van der Waals surface area contributed by atoms with Crippen LogP contribution in [0.1, 0.15) is 18.1 Å². The first kappa shape index (κ1) is 20.8. The first-order chi connectivity index (χ1) is 14.2. The first-order valence-electron chi connectivity index (χ1n) is 8.99. The molecule has 0 radical (unpaired) electrons. The summed E-state index contributed by atoms with van der Waals surface area (Å²) in [5.74, 6) is -0.590. The average molecular weight is 412 g/mol. The van der Waals surface area contributed by atoms with Gasteiger partial charge in [0.2, 0.25) is 5.91 Å². The Morgan fingerprint density at radius 3 is 2.63 bits per heavy atom. The topological polar surface area (TPSA) is 131 Å². The molecule has 1 heterocycles. The normalized spacial score (nSPS) is 18.2. The quantitative estimate of drug-likeness (QED) is 0.425. The van der Waals surface area contributed by atoms with E-state index in [9.17, 15) is 24.5 Å². The van der Waals surface area contributed by atoms with Gasteiger partial charge in [0.15, 0.2) is 0 Å². The van der Waals surface area contributed by atoms with Crippen LogP contribution in [0.15, 0.2) is 42.5 Å². The van der Waals surface area contributed by atoms with Crippen molar-refractivity contribution in [3.05, 3.63) is 63.7 Å². The Labute approximate surface area is 172 Å². The Morgan fingerprint density at radius 1 is 1.27 bits per heavy atom. The van der Waals surface area contributed by atoms with Gasteiger partial charge in [-0.3, -0.25) is 24.6 Å². The molecule has 1 aliphatic heterocycles. The Hall–Kier alpha value is -3.95. The molecule has 1 aliphatic rings. The van der Waals surface area contributed by atoms with Crippen LogP contribution in [0, 0.1) is 17.0 Å². The molecular formula is C20H20N4O6. The summed E-state index contributed by atoms with van der Waals surface area (Å²) < 4.78 is 5.22. The number of aryl methyl sites for hydroxylation is 1. The number of imide groups is 1. The standard InChI is InChI=1S/C20H20N4O6/c1-12-9-13(7-8-16(12)30-3)20(2)18(26)23(19(27)22-20)11-17(25)21-14-5-4-6-15(10-14)24(28)29/h4-10H,11H2,1-3H3,(H,21,25)(H,22,27). The summed E-state index contributed by atoms with van der Waals surface area (Å²) in [6, 6.07) is 9.78. The summed E-state index contributed by atoms with van der Waals surface area (Å²) in [4.78, 5) is 48.8. The number of nitro benzene ring substituents is 1. The van der Waals surface area contributed by atoms with Crippen molar-refractivity contribution in [3.63, 3.8) is 0 Å². The number of hydrogen-bond acceptors (Lipinski definition) is 6. The zero-order valence-electron chi connectivity index (χ0n) is 16.6. The van der Waals surface area contributed by atoms with E-state index in [1.807, 2.05) is 6.92 Å². The van der Waals surface area contributed by atoms with Gasteiger partial charge in [-0.15, -0.1) is 0 Å². The van der Waals surface area contributed by atoms with Crippen molar-refractivity contribution in [2.45, 2.75) is 19.4 Å². The van der Waals surface area contributed by atoms with Gasteiger partial charge < -0.3 is 15.4 Å². The summed E-state index contributed by atoms with van der Waals surface area (Å²) in [6.45, 7) is 2.85. The Morgan fingerprint density at radius 2 is 2.00 bits per heavy atom. The minimum absolute atomic E-state index is 0.190. The molecule has 2 aromatic rings. The predicted octanol–water partition coefficient (Wildman–Crippen LogP) is 2.32. The maximum atomic E-state index is 13.0. The molecule has 2 N–H and O–H groups in total. The summed E-state index contributed by atoms with van der Waals surface area (Å²) in [7, 11) is 1.54. The van der Waals surface area contributed by atoms with E-state index < -0.39 is 34.9 Å². The van der Waals surface area contributed by atoms with Crippen molar-refractivity contribution in [1.29, 1.82) is 0 Å². The average Bonchev–Trinajstić information content (AvgIpc) is 2.92. The number of hydrogen-bond donors (Lipinski definition) is 2. The van der Waals surface area contributed by atoms with Crippen molar-refractivity contribution in [2.75, 3.05) is 19.0 Å². The molecule has 0 spiro atoms. The van der Waals surface area contributed by atoms with Crippen LogP contribution in [0.25, 0.3) is 0 Å². The minimum Gasteiger partial charge on any atom is -0.496 e. The fourth-order valence-electron chi connectivity index (χ4n) is 3.27. The fourth-order valence-corrected chi connectivity index (χ4v) is 3.27. The van der Waals surface area contributed by atoms with Crippen LogP contribution in [0.3, 0.4) is 0 Å². The maximum absolute atomic E-state index is 13.0. The third kappa shape index (κ3) is 3.79. The molecule has 1 unspecified atom stereocenters. The lowest BCUT2D eigenvalue weighted by molar-refractivity contribution is -0.384. The first-order valence-corrected chi connectivity index (χ1v) is 8.99. The molecule has 3 rings (SSSR count). The highest BCUT2D eigenvalue weighted by atomic mass is 16.6. The van der Waals surface area contributed by atoms with Gasteiger partial charge in [0, 0.05) is 17.8 Å². The number of anilines is 1. The van der Waals surface area contributed by atoms with Crippen molar-refractivity contribution in [2.24, 2.45) is 0 Å². The Bertz CT molecular complexity index is 1050. The van der Waals surface area contributed by atoms with Crippen molar-refractivity contribution in [3.8, 4) is 5.75 Å². The number of rotatable bonds is 6. The molecule has 1 saturated heterocycles. The molecule has 1 fully saturated rings. The number of non-ortho nitro benzene ring substituents is 1. The van der Waals surface area contributed by atoms with E-state index >= 15 is 0 Å². The number of carbonyl (C=O) groups is 3. The number of carbonyl (C=O) groups excluding carboxylic acids is 3. The van der Waals surface area contributed by atoms with E-state index in [1.165, 1.54) is 31.4 Å². The second kappa shape index (κ2) is 7.82. The summed E-state index contributed by atoms with van der Waals surface area (Å²) in [6.07, 6.45) is 0. The van der Waals surface area contributed by atoms with Crippen LogP contribution in [0.2, 0.25) is 0 Å². The van der Waals surface area contributed by atoms with Gasteiger partial charge in [-0.1, -0.05) is 12.1 Å². The molecule has 0 bridgehead atoms. The van der Waals surface area contributed by atoms with Gasteiger partial charge in [0.25, 0.3) is 11.6 Å². The van der Waals surface area contributed by atoms with Gasteiger partial charge in [0.1, 0.15) is 17.8 Å². The van der Waals surface area contributed by atoms with E-state index in [4.69, 9.17) is 4.74 Å². The number of benzene rings is 2. The lowest BCUT2D eigenvalue weighted by Gasteiger charge is -2.23. The smallest absolute Gasteiger partial charge is 0.325 e. The zero-order valence-corrected chi connectivity index (χ0v) is 16.6. The molecule has 4 amide bonds. The highest BCUT2D eigenvalue weighted by Gasteiger charge is 2.49. The second-order valence-corrected chi connectivity index (χ2v) is 6.99. The van der Waals surface area contributed by atoms with Crippen LogP contribution >= 0.6 is 0 Å². The van der Waals surface area contributed by atoms with Gasteiger partial charge >= 0.3 is 6.03 Å². The highest BCUT2D eigenvalue weighted by Crippen LogP contribution is 2.31. The summed E-state index contributed by atoms with van der Waals surface area (Å²) >= 11 is 0. The number of nitro groups is 1. The number of nitrogens with zero attached hydrogens (tertiary/aromatic N) is 2. The van der Waals surface area contributed by atoms with Crippen molar-refractivity contribution < 1.29 is 24.0 Å². The van der Waals surface area contributed by atoms with E-state index in [2.05, 4.69) is 10.6 Å². The third-order valence-electron chi connectivity index (χ3n) is 4.89. The van der Waals surface area contributed by atoms with Gasteiger partial charge in [-0.25, -0.2) is 4.79 Å². The molecule has 1 atom stereocenters. The highest BCUT2D eigenvalue weighted by molar-refractivity contribution is 6.10. The van der Waals surface area contributed by atoms with Gasteiger partial charge in [-0.2, -0.15) is 0 Å². The van der Waals surface area contributed by atoms with Crippen LogP contribution in [-0.2, 0) is 15.1 Å². The number of ether oxygens (including phenoxy) is 1. The lowest BCUT2D eigenvalue weighted by Crippen LogP contribution is -2.42. The third-order valence-corrected chi connectivity index (χ3v) is 4.89. The van der Waals surface area contributed by atoms with E-state index in [0.717, 1.165) is 10.5 Å². The van der Waals surface area contributed by atoms with Crippen LogP contribution < -0.4 is 15.4 Å². The number of urea groups is 1. The fraction of sp³-hybridized carbons (Fsp3) is 0.250. The molecular weight excluding hydrogens is 392 g/mol. The molecule has 0 aliphatic carbocycles. The van der Waals surface area contributed by atoms with Gasteiger partial charge in [0.05, 0.1) is 12.0 Å². The number of nitrogens with one attached hydrogen (secondary N) is 2. The monoisotopic (exact) mass is 412 g/mol. The van der Waals surface area contributed by atoms with Gasteiger partial charge in [-0.05, 0) is 43.2 Å². The molecule has 156 valence electrons. The minimum atomic E-state index is -1.33. The summed E-state index contributed by atoms with van der Waals surface area (Å²) in [5, 5.41) is 15.9. The number of amides is 4. The molecule has 30 heavy (non-hydrogen) atoms. The van der Waals surface area contributed by atoms with E-state index in [1.54, 1.807) is 25.1 Å². The van der Waals surface area contributed by atoms with Crippen molar-refractivity contribution in [1.82, 2.24) is 10.2 Å². The maximum Gasteiger partial charge on any atom is 0.325 e. The number of methoxy groups -OCH3 is 1. The lowest BCUT2D eigenvalue weighted by atomic mass is 9.90. The molecule has 0 aromatic heterocycles. The van der Waals surface area contributed by atoms with E-state index in [-0.39, 0.29) is 11.4 Å². The largest absolute Gasteiger partial charge is 0.496 e. The molecule has 10 nitrogen and oxygen atoms in total. The van der Waals surface area contributed by atoms with Crippen LogP contribution in [0.4, 0.5) is 16.2 Å². The van der Waals surface area contributed by atoms with E-state index in [0.29, 0.717) is 11.3 Å². The Kier molecular flexibility index (Phi) is 5.41. The van der Waals surface area contributed by atoms with Crippen LogP contribution in [0.5, 0.6) is 5.75 Å². The Balaban J connectivity index is 1.76. The molecule has 2 aromatic carbocycles. The predicted molar refractivity (Wildman–Crippen MR) is 107 cm³/mol. The second-order valence-electron chi connectivity index (χ2n) is 6.99. The molecule has 10 heteroatoms. The van der Waals surface area contributed by atoms with Crippen LogP contribution in [-0.4, -0.2) is 41.3 Å². The summed E-state index contributed by atoms with van der Waals surface area (Å²) in [5.41, 5.74) is 0.0147. The zero-order chi connectivity index (χ0) is 22.1. The SMILES string of the molecule is COc1ccc(C2(C)NC(=O)N(CC(=O)Nc3cccc([N+](=O)[O-])c3)C2=O)cc1C.